The van der Waals surface area contributed by atoms with Crippen LogP contribution in [0.2, 0.25) is 0 Å². The molecule has 0 saturated carbocycles. The van der Waals surface area contributed by atoms with Crippen LogP contribution in [-0.4, -0.2) is 25.8 Å². The molecule has 0 spiro atoms. The van der Waals surface area contributed by atoms with Gasteiger partial charge in [0.15, 0.2) is 6.10 Å². The van der Waals surface area contributed by atoms with Gasteiger partial charge in [0.1, 0.15) is 0 Å². The number of ether oxygens (including phenoxy) is 2. The molecule has 0 aliphatic heterocycles. The largest absolute Gasteiger partial charge is 0.464 e. The molecular weight excluding hydrogens is 206 g/mol. The molecule has 4 heteroatoms. The van der Waals surface area contributed by atoms with E-state index in [1.54, 1.807) is 6.92 Å². The first-order valence-electron chi connectivity index (χ1n) is 5.20. The summed E-state index contributed by atoms with van der Waals surface area (Å²) >= 11 is 0. The van der Waals surface area contributed by atoms with E-state index in [4.69, 9.17) is 15.2 Å². The van der Waals surface area contributed by atoms with Crippen LogP contribution in [0.25, 0.3) is 0 Å². The Morgan fingerprint density at radius 3 is 2.50 bits per heavy atom. The summed E-state index contributed by atoms with van der Waals surface area (Å²) in [4.78, 5) is 11.6. The predicted octanol–water partition coefficient (Wildman–Crippen LogP) is 1.26. The molecule has 0 aliphatic rings. The van der Waals surface area contributed by atoms with Crippen LogP contribution in [0.5, 0.6) is 0 Å². The van der Waals surface area contributed by atoms with E-state index in [0.717, 1.165) is 5.56 Å². The number of carbonyl (C=O) groups is 1. The van der Waals surface area contributed by atoms with Gasteiger partial charge in [0.05, 0.1) is 12.6 Å². The molecule has 0 fully saturated rings. The minimum atomic E-state index is -0.762. The Bertz CT molecular complexity index is 326. The highest BCUT2D eigenvalue weighted by Crippen LogP contribution is 2.17. The molecule has 0 bridgehead atoms. The lowest BCUT2D eigenvalue weighted by atomic mass is 10.0. The minimum absolute atomic E-state index is 0.320. The van der Waals surface area contributed by atoms with Gasteiger partial charge in [-0.05, 0) is 12.5 Å². The molecule has 0 radical (unpaired) electrons. The summed E-state index contributed by atoms with van der Waals surface area (Å²) in [5.41, 5.74) is 6.80. The first-order chi connectivity index (χ1) is 7.70. The number of hydrogen-bond donors (Lipinski definition) is 1. The highest BCUT2D eigenvalue weighted by atomic mass is 16.6. The number of carbonyl (C=O) groups excluding carboxylic acids is 1. The second-order valence-corrected chi connectivity index (χ2v) is 3.34. The average molecular weight is 223 g/mol. The van der Waals surface area contributed by atoms with Crippen LogP contribution < -0.4 is 5.73 Å². The van der Waals surface area contributed by atoms with Crippen LogP contribution in [0.15, 0.2) is 30.3 Å². The van der Waals surface area contributed by atoms with Crippen molar-refractivity contribution in [3.63, 3.8) is 0 Å². The van der Waals surface area contributed by atoms with Gasteiger partial charge in [0, 0.05) is 7.11 Å². The normalized spacial score (nSPS) is 14.2. The second kappa shape index (κ2) is 6.25. The maximum atomic E-state index is 11.6. The summed E-state index contributed by atoms with van der Waals surface area (Å²) in [6.45, 7) is 2.07. The maximum Gasteiger partial charge on any atom is 0.337 e. The zero-order chi connectivity index (χ0) is 12.0. The van der Waals surface area contributed by atoms with E-state index in [9.17, 15) is 4.79 Å². The number of benzene rings is 1. The van der Waals surface area contributed by atoms with Gasteiger partial charge < -0.3 is 15.2 Å². The molecule has 0 saturated heterocycles. The molecular formula is C12H17NO3. The Labute approximate surface area is 95.3 Å². The van der Waals surface area contributed by atoms with Gasteiger partial charge in [0.25, 0.3) is 0 Å². The van der Waals surface area contributed by atoms with Crippen LogP contribution >= 0.6 is 0 Å². The zero-order valence-corrected chi connectivity index (χ0v) is 9.55. The van der Waals surface area contributed by atoms with Gasteiger partial charge in [-0.25, -0.2) is 4.79 Å². The molecule has 16 heavy (non-hydrogen) atoms. The molecule has 1 aromatic rings. The smallest absolute Gasteiger partial charge is 0.337 e. The number of rotatable bonds is 5. The fourth-order valence-electron chi connectivity index (χ4n) is 1.46. The number of hydrogen-bond acceptors (Lipinski definition) is 4. The topological polar surface area (TPSA) is 61.5 Å². The Kier molecular flexibility index (Phi) is 4.95. The summed E-state index contributed by atoms with van der Waals surface area (Å²) in [5.74, 6) is -0.429. The van der Waals surface area contributed by atoms with Crippen molar-refractivity contribution in [3.8, 4) is 0 Å². The van der Waals surface area contributed by atoms with Crippen molar-refractivity contribution in [3.05, 3.63) is 35.9 Å². The second-order valence-electron chi connectivity index (χ2n) is 3.34. The van der Waals surface area contributed by atoms with Crippen LogP contribution in [0, 0.1) is 0 Å². The van der Waals surface area contributed by atoms with Crippen LogP contribution in [0.4, 0.5) is 0 Å². The van der Waals surface area contributed by atoms with Crippen LogP contribution in [0.3, 0.4) is 0 Å². The third-order valence-electron chi connectivity index (χ3n) is 2.28. The van der Waals surface area contributed by atoms with E-state index in [-0.39, 0.29) is 0 Å². The molecule has 1 aromatic carbocycles. The Morgan fingerprint density at radius 1 is 1.38 bits per heavy atom. The standard InChI is InChI=1S/C12H17NO3/c1-3-16-12(14)11(15-2)10(13)9-7-5-4-6-8-9/h4-8,10-11H,3,13H2,1-2H3/t10-,11-/m1/s1. The van der Waals surface area contributed by atoms with E-state index in [0.29, 0.717) is 6.61 Å². The molecule has 4 nitrogen and oxygen atoms in total. The molecule has 0 unspecified atom stereocenters. The van der Waals surface area contributed by atoms with Crippen LogP contribution in [-0.2, 0) is 14.3 Å². The first kappa shape index (κ1) is 12.7. The molecule has 88 valence electrons. The molecule has 2 N–H and O–H groups in total. The molecule has 0 aromatic heterocycles. The van der Waals surface area contributed by atoms with Crippen molar-refractivity contribution in [2.45, 2.75) is 19.1 Å². The summed E-state index contributed by atoms with van der Waals surface area (Å²) in [6.07, 6.45) is -0.762. The number of methoxy groups -OCH3 is 1. The predicted molar refractivity (Wildman–Crippen MR) is 60.8 cm³/mol. The van der Waals surface area contributed by atoms with Gasteiger partial charge in [-0.15, -0.1) is 0 Å². The molecule has 0 heterocycles. The highest BCUT2D eigenvalue weighted by Gasteiger charge is 2.27. The molecule has 0 aliphatic carbocycles. The van der Waals surface area contributed by atoms with Gasteiger partial charge in [-0.1, -0.05) is 30.3 Å². The highest BCUT2D eigenvalue weighted by molar-refractivity contribution is 5.76. The van der Waals surface area contributed by atoms with Crippen molar-refractivity contribution in [2.75, 3.05) is 13.7 Å². The molecule has 2 atom stereocenters. The van der Waals surface area contributed by atoms with Crippen molar-refractivity contribution in [1.29, 1.82) is 0 Å². The quantitative estimate of drug-likeness (QED) is 0.763. The van der Waals surface area contributed by atoms with E-state index in [2.05, 4.69) is 0 Å². The fourth-order valence-corrected chi connectivity index (χ4v) is 1.46. The number of esters is 1. The molecule has 0 amide bonds. The van der Waals surface area contributed by atoms with Gasteiger partial charge in [-0.3, -0.25) is 0 Å². The average Bonchev–Trinajstić information content (AvgIpc) is 2.31. The van der Waals surface area contributed by atoms with E-state index >= 15 is 0 Å². The minimum Gasteiger partial charge on any atom is -0.464 e. The monoisotopic (exact) mass is 223 g/mol. The molecule has 1 rings (SSSR count). The lowest BCUT2D eigenvalue weighted by Crippen LogP contribution is -2.36. The SMILES string of the molecule is CCOC(=O)[C@H](OC)[C@H](N)c1ccccc1. The van der Waals surface area contributed by atoms with Crippen molar-refractivity contribution in [2.24, 2.45) is 5.73 Å². The third kappa shape index (κ3) is 3.05. The van der Waals surface area contributed by atoms with Crippen LogP contribution in [0.1, 0.15) is 18.5 Å². The summed E-state index contributed by atoms with van der Waals surface area (Å²) < 4.78 is 9.97. The maximum absolute atomic E-state index is 11.6. The van der Waals surface area contributed by atoms with E-state index in [1.165, 1.54) is 7.11 Å². The van der Waals surface area contributed by atoms with Crippen molar-refractivity contribution < 1.29 is 14.3 Å². The Balaban J connectivity index is 2.77. The first-order valence-corrected chi connectivity index (χ1v) is 5.20. The van der Waals surface area contributed by atoms with E-state index in [1.807, 2.05) is 30.3 Å². The van der Waals surface area contributed by atoms with Gasteiger partial charge >= 0.3 is 5.97 Å². The summed E-state index contributed by atoms with van der Waals surface area (Å²) in [6, 6.07) is 8.83. The Morgan fingerprint density at radius 2 is 2.00 bits per heavy atom. The van der Waals surface area contributed by atoms with Gasteiger partial charge in [-0.2, -0.15) is 0 Å². The van der Waals surface area contributed by atoms with E-state index < -0.39 is 18.1 Å². The summed E-state index contributed by atoms with van der Waals surface area (Å²) in [5, 5.41) is 0. The lowest BCUT2D eigenvalue weighted by molar-refractivity contribution is -0.156. The lowest BCUT2D eigenvalue weighted by Gasteiger charge is -2.20. The van der Waals surface area contributed by atoms with Gasteiger partial charge in [0.2, 0.25) is 0 Å². The Hall–Kier alpha value is -1.39. The zero-order valence-electron chi connectivity index (χ0n) is 9.55. The third-order valence-corrected chi connectivity index (χ3v) is 2.28. The fraction of sp³-hybridized carbons (Fsp3) is 0.417. The summed E-state index contributed by atoms with van der Waals surface area (Å²) in [7, 11) is 1.45. The number of nitrogens with two attached hydrogens (primary N) is 1. The van der Waals surface area contributed by atoms with Crippen molar-refractivity contribution in [1.82, 2.24) is 0 Å². The van der Waals surface area contributed by atoms with Crippen molar-refractivity contribution >= 4 is 5.97 Å².